The number of aromatic nitrogens is 2. The molecular weight excluding hydrogens is 437 g/mol. The fourth-order valence-electron chi connectivity index (χ4n) is 4.51. The quantitative estimate of drug-likeness (QED) is 0.417. The molecule has 178 valence electrons. The van der Waals surface area contributed by atoms with Crippen molar-refractivity contribution in [3.63, 3.8) is 0 Å². The lowest BCUT2D eigenvalue weighted by Gasteiger charge is -2.33. The SMILES string of the molecule is Cc1nnc(-c2cc3c(OC[C@@H](O)CN4CCC(c5ccc(C)c(F)c5)CC4)cccc3o2)o1. The molecule has 0 amide bonds. The van der Waals surface area contributed by atoms with E-state index < -0.39 is 6.10 Å². The molecule has 1 saturated heterocycles. The van der Waals surface area contributed by atoms with Gasteiger partial charge in [-0.1, -0.05) is 18.2 Å². The Morgan fingerprint density at radius 2 is 1.94 bits per heavy atom. The molecule has 34 heavy (non-hydrogen) atoms. The maximum atomic E-state index is 13.9. The molecule has 0 radical (unpaired) electrons. The Morgan fingerprint density at radius 1 is 1.12 bits per heavy atom. The zero-order valence-corrected chi connectivity index (χ0v) is 19.3. The third kappa shape index (κ3) is 4.83. The molecule has 4 aromatic rings. The van der Waals surface area contributed by atoms with Gasteiger partial charge in [0.15, 0.2) is 5.76 Å². The summed E-state index contributed by atoms with van der Waals surface area (Å²) >= 11 is 0. The van der Waals surface area contributed by atoms with Gasteiger partial charge >= 0.3 is 0 Å². The molecule has 8 heteroatoms. The van der Waals surface area contributed by atoms with Crippen molar-refractivity contribution in [3.8, 4) is 17.4 Å². The number of likely N-dealkylation sites (tertiary alicyclic amines) is 1. The Balaban J connectivity index is 1.16. The van der Waals surface area contributed by atoms with E-state index in [0.717, 1.165) is 36.9 Å². The maximum absolute atomic E-state index is 13.9. The number of β-amino-alcohol motifs (C(OH)–C–C–N with tert-alkyl or cyclic N) is 1. The predicted molar refractivity (Wildman–Crippen MR) is 125 cm³/mol. The lowest BCUT2D eigenvalue weighted by Crippen LogP contribution is -2.40. The maximum Gasteiger partial charge on any atom is 0.283 e. The highest BCUT2D eigenvalue weighted by atomic mass is 19.1. The Hall–Kier alpha value is -3.23. The van der Waals surface area contributed by atoms with Gasteiger partial charge in [0.05, 0.1) is 5.39 Å². The average molecular weight is 466 g/mol. The van der Waals surface area contributed by atoms with Crippen LogP contribution < -0.4 is 4.74 Å². The lowest BCUT2D eigenvalue weighted by molar-refractivity contribution is 0.0599. The van der Waals surface area contributed by atoms with Gasteiger partial charge in [0.1, 0.15) is 29.9 Å². The smallest absolute Gasteiger partial charge is 0.283 e. The summed E-state index contributed by atoms with van der Waals surface area (Å²) in [5.41, 5.74) is 2.39. The molecule has 0 aliphatic carbocycles. The number of benzene rings is 2. The van der Waals surface area contributed by atoms with Crippen molar-refractivity contribution in [1.82, 2.24) is 15.1 Å². The first kappa shape index (κ1) is 22.6. The third-order valence-electron chi connectivity index (χ3n) is 6.41. The van der Waals surface area contributed by atoms with E-state index in [-0.39, 0.29) is 12.4 Å². The van der Waals surface area contributed by atoms with Crippen LogP contribution in [0.3, 0.4) is 0 Å². The number of aliphatic hydroxyl groups is 1. The van der Waals surface area contributed by atoms with Crippen LogP contribution in [-0.4, -0.2) is 52.5 Å². The molecule has 1 aliphatic heterocycles. The van der Waals surface area contributed by atoms with E-state index in [4.69, 9.17) is 13.6 Å². The Bertz CT molecular complexity index is 1280. The summed E-state index contributed by atoms with van der Waals surface area (Å²) in [6.07, 6.45) is 1.26. The van der Waals surface area contributed by atoms with Gasteiger partial charge in [-0.3, -0.25) is 0 Å². The molecule has 1 fully saturated rings. The summed E-state index contributed by atoms with van der Waals surface area (Å²) in [5.74, 6) is 2.10. The molecular formula is C26H28FN3O4. The summed E-state index contributed by atoms with van der Waals surface area (Å²) in [6, 6.07) is 12.9. The number of hydrogen-bond acceptors (Lipinski definition) is 7. The second-order valence-electron chi connectivity index (χ2n) is 8.95. The first-order valence-electron chi connectivity index (χ1n) is 11.6. The molecule has 5 rings (SSSR count). The number of aliphatic hydroxyl groups excluding tert-OH is 1. The summed E-state index contributed by atoms with van der Waals surface area (Å²) in [7, 11) is 0. The predicted octanol–water partition coefficient (Wildman–Crippen LogP) is 4.86. The molecule has 0 unspecified atom stereocenters. The van der Waals surface area contributed by atoms with Crippen molar-refractivity contribution >= 4 is 11.0 Å². The van der Waals surface area contributed by atoms with Crippen LogP contribution in [-0.2, 0) is 0 Å². The van der Waals surface area contributed by atoms with E-state index in [0.29, 0.717) is 46.9 Å². The summed E-state index contributed by atoms with van der Waals surface area (Å²) in [5, 5.41) is 19.2. The van der Waals surface area contributed by atoms with Gasteiger partial charge in [0, 0.05) is 19.5 Å². The van der Waals surface area contributed by atoms with Gasteiger partial charge in [-0.2, -0.15) is 0 Å². The van der Waals surface area contributed by atoms with Crippen LogP contribution in [0.1, 0.15) is 35.8 Å². The molecule has 2 aromatic heterocycles. The van der Waals surface area contributed by atoms with Crippen LogP contribution in [0.25, 0.3) is 22.6 Å². The number of ether oxygens (including phenoxy) is 1. The van der Waals surface area contributed by atoms with Gasteiger partial charge in [0.25, 0.3) is 5.89 Å². The van der Waals surface area contributed by atoms with Crippen LogP contribution >= 0.6 is 0 Å². The number of fused-ring (bicyclic) bond motifs is 1. The number of halogens is 1. The lowest BCUT2D eigenvalue weighted by atomic mass is 9.89. The van der Waals surface area contributed by atoms with Crippen molar-refractivity contribution in [2.45, 2.75) is 38.7 Å². The van der Waals surface area contributed by atoms with Crippen LogP contribution in [0.4, 0.5) is 4.39 Å². The minimum atomic E-state index is -0.631. The standard InChI is InChI=1S/C26H28FN3O4/c1-16-6-7-19(12-22(16)27)18-8-10-30(11-9-18)14-20(31)15-32-23-4-3-5-24-21(23)13-25(34-24)26-29-28-17(2)33-26/h3-7,12-13,18,20,31H,8-11,14-15H2,1-2H3/t20-/m0/s1. The normalized spacial score (nSPS) is 16.2. The van der Waals surface area contributed by atoms with E-state index in [1.54, 1.807) is 19.9 Å². The van der Waals surface area contributed by atoms with Crippen LogP contribution in [0.5, 0.6) is 5.75 Å². The van der Waals surface area contributed by atoms with Crippen molar-refractivity contribution in [2.24, 2.45) is 0 Å². The average Bonchev–Trinajstić information content (AvgIpc) is 3.46. The Kier molecular flexibility index (Phi) is 6.34. The number of furan rings is 1. The fraction of sp³-hybridized carbons (Fsp3) is 0.385. The summed E-state index contributed by atoms with van der Waals surface area (Å²) in [6.45, 7) is 5.93. The highest BCUT2D eigenvalue weighted by Crippen LogP contribution is 2.33. The monoisotopic (exact) mass is 465 g/mol. The highest BCUT2D eigenvalue weighted by molar-refractivity contribution is 5.87. The van der Waals surface area contributed by atoms with E-state index in [2.05, 4.69) is 15.1 Å². The second kappa shape index (κ2) is 9.56. The number of aryl methyl sites for hydroxylation is 2. The first-order valence-corrected chi connectivity index (χ1v) is 11.6. The van der Waals surface area contributed by atoms with Gasteiger partial charge in [-0.05, 0) is 68.1 Å². The van der Waals surface area contributed by atoms with E-state index >= 15 is 0 Å². The molecule has 1 aliphatic rings. The topological polar surface area (TPSA) is 84.8 Å². The molecule has 2 aromatic carbocycles. The molecule has 0 spiro atoms. The fourth-order valence-corrected chi connectivity index (χ4v) is 4.51. The zero-order chi connectivity index (χ0) is 23.7. The number of piperidine rings is 1. The molecule has 7 nitrogen and oxygen atoms in total. The summed E-state index contributed by atoms with van der Waals surface area (Å²) in [4.78, 5) is 2.24. The van der Waals surface area contributed by atoms with Gasteiger partial charge < -0.3 is 23.6 Å². The van der Waals surface area contributed by atoms with Gasteiger partial charge in [-0.15, -0.1) is 10.2 Å². The van der Waals surface area contributed by atoms with Crippen LogP contribution in [0.15, 0.2) is 51.3 Å². The third-order valence-corrected chi connectivity index (χ3v) is 6.41. The highest BCUT2D eigenvalue weighted by Gasteiger charge is 2.23. The van der Waals surface area contributed by atoms with E-state index in [1.807, 2.05) is 36.4 Å². The van der Waals surface area contributed by atoms with Crippen molar-refractivity contribution in [2.75, 3.05) is 26.2 Å². The van der Waals surface area contributed by atoms with Gasteiger partial charge in [-0.25, -0.2) is 4.39 Å². The molecule has 0 bridgehead atoms. The molecule has 1 atom stereocenters. The Morgan fingerprint density at radius 3 is 2.68 bits per heavy atom. The molecule has 1 N–H and O–H groups in total. The zero-order valence-electron chi connectivity index (χ0n) is 19.3. The van der Waals surface area contributed by atoms with Crippen molar-refractivity contribution < 1.29 is 23.1 Å². The molecule has 3 heterocycles. The number of rotatable bonds is 7. The molecule has 0 saturated carbocycles. The van der Waals surface area contributed by atoms with Crippen LogP contribution in [0.2, 0.25) is 0 Å². The van der Waals surface area contributed by atoms with Crippen molar-refractivity contribution in [1.29, 1.82) is 0 Å². The Labute approximate surface area is 197 Å². The number of hydrogen-bond donors (Lipinski definition) is 1. The van der Waals surface area contributed by atoms with Gasteiger partial charge in [0.2, 0.25) is 5.89 Å². The minimum Gasteiger partial charge on any atom is -0.490 e. The largest absolute Gasteiger partial charge is 0.490 e. The first-order chi connectivity index (χ1) is 16.5. The summed E-state index contributed by atoms with van der Waals surface area (Å²) < 4.78 is 31.1. The minimum absolute atomic E-state index is 0.139. The van der Waals surface area contributed by atoms with Crippen LogP contribution in [0, 0.1) is 19.7 Å². The number of nitrogens with zero attached hydrogens (tertiary/aromatic N) is 3. The van der Waals surface area contributed by atoms with E-state index in [1.165, 1.54) is 0 Å². The van der Waals surface area contributed by atoms with E-state index in [9.17, 15) is 9.50 Å². The van der Waals surface area contributed by atoms with Crippen molar-refractivity contribution in [3.05, 3.63) is 65.3 Å². The second-order valence-corrected chi connectivity index (χ2v) is 8.95.